The number of nitrogens with one attached hydrogen (secondary N) is 2. The molecule has 1 aromatic carbocycles. The summed E-state index contributed by atoms with van der Waals surface area (Å²) in [5.41, 5.74) is 0.646. The second-order valence-electron chi connectivity index (χ2n) is 11.4. The molecule has 9 heteroatoms. The molecule has 1 aromatic rings. The van der Waals surface area contributed by atoms with E-state index in [0.29, 0.717) is 18.7 Å². The Morgan fingerprint density at radius 3 is 2.43 bits per heavy atom. The van der Waals surface area contributed by atoms with Crippen LogP contribution in [0.1, 0.15) is 54.4 Å². The van der Waals surface area contributed by atoms with Gasteiger partial charge < -0.3 is 25.4 Å². The van der Waals surface area contributed by atoms with E-state index in [2.05, 4.69) is 17.6 Å². The number of nitrogens with zero attached hydrogens (tertiary/aromatic N) is 1. The van der Waals surface area contributed by atoms with E-state index >= 15 is 0 Å². The number of amides is 3. The van der Waals surface area contributed by atoms with E-state index < -0.39 is 28.7 Å². The van der Waals surface area contributed by atoms with Crippen molar-refractivity contribution < 1.29 is 24.2 Å². The van der Waals surface area contributed by atoms with Crippen molar-refractivity contribution in [2.75, 3.05) is 18.5 Å². The van der Waals surface area contributed by atoms with E-state index in [4.69, 9.17) is 4.74 Å². The van der Waals surface area contributed by atoms with Gasteiger partial charge in [-0.25, -0.2) is 0 Å². The standard InChI is InChI=1S/C28H41N3O5S/c1-7-36-20-10-8-18(9-11-20)30-25(33)22-21-13-17(6)28(37-21)23(22)27(35)31(19(14-32)12-15(2)3)24(28)26(34)29-16(4)5/h8-11,15-17,19,21-24,32H,7,12-14H2,1-6H3,(H,29,34)(H,30,33)/t17?,19-,21-,22+,23+,24?,28?/m1/s1. The lowest BCUT2D eigenvalue weighted by atomic mass is 9.65. The largest absolute Gasteiger partial charge is 0.494 e. The monoisotopic (exact) mass is 531 g/mol. The van der Waals surface area contributed by atoms with Crippen LogP contribution < -0.4 is 15.4 Å². The van der Waals surface area contributed by atoms with Crippen molar-refractivity contribution in [3.8, 4) is 5.75 Å². The lowest BCUT2D eigenvalue weighted by Gasteiger charge is -2.40. The van der Waals surface area contributed by atoms with Gasteiger partial charge in [-0.15, -0.1) is 11.8 Å². The Morgan fingerprint density at radius 1 is 1.19 bits per heavy atom. The third-order valence-corrected chi connectivity index (χ3v) is 10.0. The molecular formula is C28H41N3O5S. The molecule has 2 bridgehead atoms. The van der Waals surface area contributed by atoms with Crippen molar-refractivity contribution in [1.82, 2.24) is 10.2 Å². The maximum Gasteiger partial charge on any atom is 0.244 e. The summed E-state index contributed by atoms with van der Waals surface area (Å²) in [4.78, 5) is 43.3. The minimum absolute atomic E-state index is 0.0409. The smallest absolute Gasteiger partial charge is 0.244 e. The van der Waals surface area contributed by atoms with Crippen molar-refractivity contribution in [3.63, 3.8) is 0 Å². The zero-order chi connectivity index (χ0) is 27.1. The molecule has 0 radical (unpaired) electrons. The van der Waals surface area contributed by atoms with Crippen LogP contribution in [0.5, 0.6) is 5.75 Å². The Kier molecular flexibility index (Phi) is 8.14. The maximum atomic E-state index is 14.2. The van der Waals surface area contributed by atoms with Crippen molar-refractivity contribution in [1.29, 1.82) is 0 Å². The first kappa shape index (κ1) is 27.8. The molecule has 204 valence electrons. The van der Waals surface area contributed by atoms with E-state index in [-0.39, 0.29) is 47.5 Å². The van der Waals surface area contributed by atoms with Gasteiger partial charge in [-0.3, -0.25) is 14.4 Å². The maximum absolute atomic E-state index is 14.2. The van der Waals surface area contributed by atoms with Gasteiger partial charge in [0, 0.05) is 17.0 Å². The Labute approximate surface area is 224 Å². The third kappa shape index (κ3) is 4.85. The van der Waals surface area contributed by atoms with Crippen LogP contribution in [0.25, 0.3) is 0 Å². The first-order valence-corrected chi connectivity index (χ1v) is 14.4. The fourth-order valence-corrected chi connectivity index (χ4v) is 9.07. The summed E-state index contributed by atoms with van der Waals surface area (Å²) in [5.74, 6) is -0.685. The van der Waals surface area contributed by atoms with Crippen LogP contribution in [0.3, 0.4) is 0 Å². The molecule has 3 unspecified atom stereocenters. The molecule has 1 spiro atoms. The van der Waals surface area contributed by atoms with Gasteiger partial charge in [-0.2, -0.15) is 0 Å². The number of benzene rings is 1. The van der Waals surface area contributed by atoms with Crippen LogP contribution >= 0.6 is 11.8 Å². The summed E-state index contributed by atoms with van der Waals surface area (Å²) in [5, 5.41) is 16.4. The Hall–Kier alpha value is -2.26. The van der Waals surface area contributed by atoms with E-state index in [1.807, 2.05) is 46.8 Å². The van der Waals surface area contributed by atoms with Crippen LogP contribution in [0.2, 0.25) is 0 Å². The van der Waals surface area contributed by atoms with E-state index in [1.165, 1.54) is 0 Å². The molecule has 3 fully saturated rings. The molecule has 7 atom stereocenters. The number of fused-ring (bicyclic) bond motifs is 1. The van der Waals surface area contributed by atoms with Gasteiger partial charge in [-0.1, -0.05) is 20.8 Å². The molecule has 0 saturated carbocycles. The van der Waals surface area contributed by atoms with Crippen LogP contribution in [-0.2, 0) is 14.4 Å². The number of likely N-dealkylation sites (tertiary alicyclic amines) is 1. The van der Waals surface area contributed by atoms with Gasteiger partial charge >= 0.3 is 0 Å². The number of carbonyl (C=O) groups is 3. The zero-order valence-corrected chi connectivity index (χ0v) is 23.5. The highest BCUT2D eigenvalue weighted by Crippen LogP contribution is 2.69. The molecule has 3 amide bonds. The first-order chi connectivity index (χ1) is 17.5. The fraction of sp³-hybridized carbons (Fsp3) is 0.679. The van der Waals surface area contributed by atoms with Gasteiger partial charge in [0.15, 0.2) is 0 Å². The number of rotatable bonds is 10. The third-order valence-electron chi connectivity index (χ3n) is 7.95. The molecule has 0 aliphatic carbocycles. The normalized spacial score (nSPS) is 31.1. The molecule has 37 heavy (non-hydrogen) atoms. The van der Waals surface area contributed by atoms with Crippen LogP contribution in [0.15, 0.2) is 24.3 Å². The average Bonchev–Trinajstić information content (AvgIpc) is 3.42. The minimum Gasteiger partial charge on any atom is -0.494 e. The predicted octanol–water partition coefficient (Wildman–Crippen LogP) is 3.29. The molecule has 4 rings (SSSR count). The lowest BCUT2D eigenvalue weighted by molar-refractivity contribution is -0.142. The highest BCUT2D eigenvalue weighted by Gasteiger charge is 2.76. The SMILES string of the molecule is CCOc1ccc(NC(=O)[C@@H]2[C@H]3C(=O)N([C@@H](CO)CC(C)C)C(C(=O)NC(C)C)C34S[C@@H]2CC4C)cc1. The minimum atomic E-state index is -0.725. The molecule has 8 nitrogen and oxygen atoms in total. The number of hydrogen-bond acceptors (Lipinski definition) is 6. The van der Waals surface area contributed by atoms with Crippen molar-refractivity contribution in [2.24, 2.45) is 23.7 Å². The lowest BCUT2D eigenvalue weighted by Crippen LogP contribution is -2.59. The summed E-state index contributed by atoms with van der Waals surface area (Å²) >= 11 is 1.65. The van der Waals surface area contributed by atoms with E-state index in [0.717, 1.165) is 12.2 Å². The second-order valence-corrected chi connectivity index (χ2v) is 12.9. The van der Waals surface area contributed by atoms with E-state index in [1.54, 1.807) is 28.8 Å². The fourth-order valence-electron chi connectivity index (χ4n) is 6.66. The van der Waals surface area contributed by atoms with Crippen molar-refractivity contribution in [2.45, 2.75) is 82.5 Å². The van der Waals surface area contributed by atoms with E-state index in [9.17, 15) is 19.5 Å². The average molecular weight is 532 g/mol. The highest BCUT2D eigenvalue weighted by molar-refractivity contribution is 8.02. The number of aliphatic hydroxyl groups is 1. The number of ether oxygens (including phenoxy) is 1. The molecular weight excluding hydrogens is 490 g/mol. The van der Waals surface area contributed by atoms with Crippen LogP contribution in [-0.4, -0.2) is 69.1 Å². The molecule has 0 aromatic heterocycles. The molecule has 3 N–H and O–H groups in total. The van der Waals surface area contributed by atoms with Gasteiger partial charge in [0.25, 0.3) is 0 Å². The summed E-state index contributed by atoms with van der Waals surface area (Å²) in [7, 11) is 0. The van der Waals surface area contributed by atoms with Gasteiger partial charge in [0.05, 0.1) is 35.8 Å². The Bertz CT molecular complexity index is 1020. The predicted molar refractivity (Wildman–Crippen MR) is 145 cm³/mol. The first-order valence-electron chi connectivity index (χ1n) is 13.5. The van der Waals surface area contributed by atoms with Gasteiger partial charge in [0.1, 0.15) is 11.8 Å². The Morgan fingerprint density at radius 2 is 1.86 bits per heavy atom. The van der Waals surface area contributed by atoms with Gasteiger partial charge in [0.2, 0.25) is 17.7 Å². The number of aliphatic hydroxyl groups excluding tert-OH is 1. The number of thioether (sulfide) groups is 1. The van der Waals surface area contributed by atoms with Crippen molar-refractivity contribution >= 4 is 35.2 Å². The molecule has 3 aliphatic rings. The topological polar surface area (TPSA) is 108 Å². The molecule has 3 aliphatic heterocycles. The summed E-state index contributed by atoms with van der Waals surface area (Å²) in [6.07, 6.45) is 1.35. The zero-order valence-electron chi connectivity index (χ0n) is 22.7. The molecule has 3 saturated heterocycles. The number of anilines is 1. The summed E-state index contributed by atoms with van der Waals surface area (Å²) < 4.78 is 4.79. The number of carbonyl (C=O) groups excluding carboxylic acids is 3. The molecule has 3 heterocycles. The van der Waals surface area contributed by atoms with Crippen LogP contribution in [0, 0.1) is 23.7 Å². The van der Waals surface area contributed by atoms with Crippen molar-refractivity contribution in [3.05, 3.63) is 24.3 Å². The Balaban J connectivity index is 1.69. The van der Waals surface area contributed by atoms with Crippen LogP contribution in [0.4, 0.5) is 5.69 Å². The number of hydrogen-bond donors (Lipinski definition) is 3. The second kappa shape index (κ2) is 10.8. The quantitative estimate of drug-likeness (QED) is 0.428. The van der Waals surface area contributed by atoms with Gasteiger partial charge in [-0.05, 0) is 69.7 Å². The highest BCUT2D eigenvalue weighted by atomic mass is 32.2. The summed E-state index contributed by atoms with van der Waals surface area (Å²) in [6, 6.07) is 5.93. The summed E-state index contributed by atoms with van der Waals surface area (Å²) in [6.45, 7) is 12.3.